The van der Waals surface area contributed by atoms with E-state index in [2.05, 4.69) is 30.3 Å². The van der Waals surface area contributed by atoms with Crippen molar-refractivity contribution in [1.82, 2.24) is 24.7 Å². The van der Waals surface area contributed by atoms with Crippen LogP contribution in [0.1, 0.15) is 18.0 Å². The van der Waals surface area contributed by atoms with Crippen molar-refractivity contribution in [3.8, 4) is 34.6 Å². The molecule has 196 valence electrons. The van der Waals surface area contributed by atoms with E-state index < -0.39 is 10.7 Å². The molecule has 4 rings (SSSR count). The summed E-state index contributed by atoms with van der Waals surface area (Å²) in [7, 11) is 5.95. The largest absolute Gasteiger partial charge is 0.494 e. The molecule has 1 aromatic carbocycles. The molecule has 0 amide bonds. The van der Waals surface area contributed by atoms with Crippen LogP contribution >= 0.6 is 33.6 Å². The van der Waals surface area contributed by atoms with E-state index in [4.69, 9.17) is 30.5 Å². The Labute approximate surface area is 226 Å². The van der Waals surface area contributed by atoms with E-state index in [0.717, 1.165) is 5.01 Å². The first-order chi connectivity index (χ1) is 18.0. The number of nitrogens with zero attached hydrogens (tertiary/aromatic N) is 5. The van der Waals surface area contributed by atoms with Gasteiger partial charge in [0.1, 0.15) is 38.3 Å². The standard InChI is InChI=1S/C24H27ClN6O4S2/c1-6-37(14-18(34-4)23-26-13-19(25)36-23)30-24-29-28-22(15-9-7-12-20(27-15)35-5)31(24)21-16(32-2)10-8-11-17(21)33-3/h6-13,18H,14H2,1-5H3,(H,29,30)/t18-,37?/m1/s1. The molecule has 2 atom stereocenters. The molecular formula is C24H27ClN6O4S2. The molecule has 0 aliphatic carbocycles. The minimum atomic E-state index is -0.480. The third-order valence-corrected chi connectivity index (χ3v) is 8.23. The maximum atomic E-state index is 6.11. The number of para-hydroxylation sites is 1. The Kier molecular flexibility index (Phi) is 8.98. The summed E-state index contributed by atoms with van der Waals surface area (Å²) >= 11 is 7.51. The summed E-state index contributed by atoms with van der Waals surface area (Å²) in [6.07, 6.45) is 1.38. The first-order valence-electron chi connectivity index (χ1n) is 11.1. The van der Waals surface area contributed by atoms with Crippen LogP contribution in [0.25, 0.3) is 17.2 Å². The number of rotatable bonds is 11. The summed E-state index contributed by atoms with van der Waals surface area (Å²) in [5.74, 6) is 3.20. The number of pyridine rings is 1. The van der Waals surface area contributed by atoms with Crippen molar-refractivity contribution in [1.29, 1.82) is 0 Å². The summed E-state index contributed by atoms with van der Waals surface area (Å²) in [5, 5.41) is 11.9. The zero-order valence-corrected chi connectivity index (χ0v) is 23.4. The minimum Gasteiger partial charge on any atom is -0.494 e. The number of benzene rings is 1. The van der Waals surface area contributed by atoms with Gasteiger partial charge in [0.25, 0.3) is 0 Å². The van der Waals surface area contributed by atoms with Crippen molar-refractivity contribution >= 4 is 44.9 Å². The molecule has 0 saturated carbocycles. The van der Waals surface area contributed by atoms with Crippen LogP contribution in [0.2, 0.25) is 4.34 Å². The first kappa shape index (κ1) is 26.9. The summed E-state index contributed by atoms with van der Waals surface area (Å²) in [6.45, 7) is 1.98. The predicted octanol–water partition coefficient (Wildman–Crippen LogP) is 5.27. The highest BCUT2D eigenvalue weighted by Crippen LogP contribution is 2.39. The van der Waals surface area contributed by atoms with Gasteiger partial charge in [0.05, 0.1) is 27.5 Å². The summed E-state index contributed by atoms with van der Waals surface area (Å²) in [4.78, 5) is 8.96. The van der Waals surface area contributed by atoms with Crippen LogP contribution in [-0.2, 0) is 4.74 Å². The SMILES string of the molecule is C/C=S(/C[C@@H](OC)c1ncc(Cl)s1)Nc1nnc(-c2cccc(OC)n2)n1-c1c(OC)cccc1OC. The predicted molar refractivity (Wildman–Crippen MR) is 149 cm³/mol. The van der Waals surface area contributed by atoms with Crippen LogP contribution in [0.3, 0.4) is 0 Å². The van der Waals surface area contributed by atoms with Gasteiger partial charge in [-0.05, 0) is 30.5 Å². The summed E-state index contributed by atoms with van der Waals surface area (Å²) < 4.78 is 28.4. The zero-order chi connectivity index (χ0) is 26.4. The highest BCUT2D eigenvalue weighted by atomic mass is 35.5. The lowest BCUT2D eigenvalue weighted by Crippen LogP contribution is -2.12. The van der Waals surface area contributed by atoms with E-state index in [1.54, 1.807) is 40.7 Å². The fourth-order valence-electron chi connectivity index (χ4n) is 3.57. The molecule has 0 bridgehead atoms. The average molecular weight is 563 g/mol. The smallest absolute Gasteiger partial charge is 0.239 e. The van der Waals surface area contributed by atoms with Gasteiger partial charge in [0, 0.05) is 18.9 Å². The maximum Gasteiger partial charge on any atom is 0.239 e. The Morgan fingerprint density at radius 3 is 2.38 bits per heavy atom. The quantitative estimate of drug-likeness (QED) is 0.245. The number of thiazole rings is 1. The molecule has 0 spiro atoms. The van der Waals surface area contributed by atoms with Gasteiger partial charge in [-0.3, -0.25) is 4.57 Å². The van der Waals surface area contributed by atoms with Crippen molar-refractivity contribution in [3.05, 3.63) is 51.9 Å². The number of ether oxygens (including phenoxy) is 4. The van der Waals surface area contributed by atoms with E-state index in [1.165, 1.54) is 11.3 Å². The van der Waals surface area contributed by atoms with E-state index in [1.807, 2.05) is 41.8 Å². The number of hydrogen-bond acceptors (Lipinski definition) is 10. The third-order valence-electron chi connectivity index (χ3n) is 5.34. The van der Waals surface area contributed by atoms with Gasteiger partial charge in [0.15, 0.2) is 5.82 Å². The van der Waals surface area contributed by atoms with Gasteiger partial charge in [-0.1, -0.05) is 34.4 Å². The number of methoxy groups -OCH3 is 4. The Bertz CT molecular complexity index is 1370. The highest BCUT2D eigenvalue weighted by molar-refractivity contribution is 8.16. The van der Waals surface area contributed by atoms with Crippen LogP contribution in [-0.4, -0.2) is 64.3 Å². The zero-order valence-electron chi connectivity index (χ0n) is 21.0. The number of nitrogens with one attached hydrogen (secondary N) is 1. The van der Waals surface area contributed by atoms with Gasteiger partial charge in [-0.2, -0.15) is 0 Å². The lowest BCUT2D eigenvalue weighted by molar-refractivity contribution is 0.123. The van der Waals surface area contributed by atoms with Gasteiger partial charge in [0.2, 0.25) is 11.8 Å². The molecular weight excluding hydrogens is 536 g/mol. The first-order valence-corrected chi connectivity index (χ1v) is 13.8. The Balaban J connectivity index is 1.81. The number of aromatic nitrogens is 5. The molecule has 0 radical (unpaired) electrons. The van der Waals surface area contributed by atoms with Gasteiger partial charge < -0.3 is 23.7 Å². The van der Waals surface area contributed by atoms with Gasteiger partial charge in [-0.15, -0.1) is 21.5 Å². The van der Waals surface area contributed by atoms with Crippen LogP contribution in [0.5, 0.6) is 17.4 Å². The Morgan fingerprint density at radius 2 is 1.78 bits per heavy atom. The summed E-state index contributed by atoms with van der Waals surface area (Å²) in [6, 6.07) is 11.0. The van der Waals surface area contributed by atoms with E-state index in [9.17, 15) is 0 Å². The molecule has 1 unspecified atom stereocenters. The Hall–Kier alpha value is -3.19. The molecule has 1 N–H and O–H groups in total. The lowest BCUT2D eigenvalue weighted by atomic mass is 10.2. The molecule has 4 aromatic rings. The third kappa shape index (κ3) is 5.87. The second-order valence-corrected chi connectivity index (χ2v) is 11.0. The molecule has 13 heteroatoms. The Morgan fingerprint density at radius 1 is 1.05 bits per heavy atom. The van der Waals surface area contributed by atoms with Crippen LogP contribution in [0.4, 0.5) is 5.95 Å². The highest BCUT2D eigenvalue weighted by Gasteiger charge is 2.24. The van der Waals surface area contributed by atoms with E-state index in [0.29, 0.717) is 50.6 Å². The normalized spacial score (nSPS) is 12.8. The second kappa shape index (κ2) is 12.4. The van der Waals surface area contributed by atoms with Crippen molar-refractivity contribution in [2.24, 2.45) is 0 Å². The average Bonchev–Trinajstić information content (AvgIpc) is 3.56. The maximum absolute atomic E-state index is 6.11. The topological polar surface area (TPSA) is 105 Å². The molecule has 0 fully saturated rings. The molecule has 3 heterocycles. The van der Waals surface area contributed by atoms with Crippen LogP contribution < -0.4 is 18.9 Å². The summed E-state index contributed by atoms with van der Waals surface area (Å²) in [5.41, 5.74) is 1.20. The van der Waals surface area contributed by atoms with Crippen LogP contribution in [0.15, 0.2) is 42.6 Å². The molecule has 37 heavy (non-hydrogen) atoms. The second-order valence-electron chi connectivity index (χ2n) is 7.42. The van der Waals surface area contributed by atoms with Crippen molar-refractivity contribution in [3.63, 3.8) is 0 Å². The van der Waals surface area contributed by atoms with Crippen molar-refractivity contribution < 1.29 is 18.9 Å². The number of halogens is 1. The molecule has 0 aliphatic rings. The number of anilines is 1. The fourth-order valence-corrected chi connectivity index (χ4v) is 6.06. The van der Waals surface area contributed by atoms with Crippen molar-refractivity contribution in [2.45, 2.75) is 13.0 Å². The van der Waals surface area contributed by atoms with Gasteiger partial charge >= 0.3 is 0 Å². The van der Waals surface area contributed by atoms with Gasteiger partial charge in [-0.25, -0.2) is 9.97 Å². The molecule has 0 aliphatic heterocycles. The van der Waals surface area contributed by atoms with Crippen LogP contribution in [0, 0.1) is 0 Å². The monoisotopic (exact) mass is 562 g/mol. The molecule has 10 nitrogen and oxygen atoms in total. The molecule has 3 aromatic heterocycles. The number of hydrogen-bond donors (Lipinski definition) is 1. The lowest BCUT2D eigenvalue weighted by Gasteiger charge is -2.20. The van der Waals surface area contributed by atoms with E-state index in [-0.39, 0.29) is 6.10 Å². The van der Waals surface area contributed by atoms with E-state index >= 15 is 0 Å². The molecule has 0 saturated heterocycles. The van der Waals surface area contributed by atoms with Crippen molar-refractivity contribution in [2.75, 3.05) is 38.9 Å². The fraction of sp³-hybridized carbons (Fsp3) is 0.292. The minimum absolute atomic E-state index is 0.249.